The van der Waals surface area contributed by atoms with E-state index in [2.05, 4.69) is 21.3 Å². The van der Waals surface area contributed by atoms with Crippen molar-refractivity contribution in [2.75, 3.05) is 18.4 Å². The van der Waals surface area contributed by atoms with Crippen LogP contribution in [0, 0.1) is 5.92 Å². The number of hydrogen-bond acceptors (Lipinski definition) is 7. The molecule has 0 spiro atoms. The van der Waals surface area contributed by atoms with Crippen molar-refractivity contribution in [3.05, 3.63) is 89.0 Å². The van der Waals surface area contributed by atoms with Crippen LogP contribution in [0.3, 0.4) is 0 Å². The van der Waals surface area contributed by atoms with Gasteiger partial charge in [-0.25, -0.2) is 14.4 Å². The van der Waals surface area contributed by atoms with Gasteiger partial charge in [-0.15, -0.1) is 11.6 Å². The number of halogens is 1. The zero-order valence-electron chi connectivity index (χ0n) is 31.7. The molecular formula is C40H51ClN6O7. The number of amides is 6. The first kappa shape index (κ1) is 41.5. The molecule has 3 aromatic rings. The van der Waals surface area contributed by atoms with Gasteiger partial charge in [-0.05, 0) is 80.8 Å². The molecule has 290 valence electrons. The molecule has 1 aliphatic rings. The first-order valence-corrected chi connectivity index (χ1v) is 18.6. The number of nitrogens with one attached hydrogen (secondary N) is 4. The number of ether oxygens (including phenoxy) is 2. The summed E-state index contributed by atoms with van der Waals surface area (Å²) >= 11 is 6.33. The summed E-state index contributed by atoms with van der Waals surface area (Å²) in [5, 5.41) is 10.7. The Hall–Kier alpha value is -5.30. The lowest BCUT2D eigenvalue weighted by Crippen LogP contribution is -2.55. The van der Waals surface area contributed by atoms with E-state index in [1.54, 1.807) is 57.7 Å². The molecule has 4 rings (SSSR count). The Morgan fingerprint density at radius 2 is 1.52 bits per heavy atom. The van der Waals surface area contributed by atoms with E-state index in [0.29, 0.717) is 24.2 Å². The van der Waals surface area contributed by atoms with E-state index in [0.717, 1.165) is 27.8 Å². The lowest BCUT2D eigenvalue weighted by molar-refractivity contribution is -0.128. The van der Waals surface area contributed by atoms with Crippen LogP contribution in [0.2, 0.25) is 0 Å². The number of carbonyl (C=O) groups is 5. The van der Waals surface area contributed by atoms with Crippen LogP contribution in [-0.2, 0) is 31.5 Å². The Kier molecular flexibility index (Phi) is 14.3. The normalized spacial score (nSPS) is 13.2. The van der Waals surface area contributed by atoms with Crippen LogP contribution in [0.4, 0.5) is 20.1 Å². The third-order valence-corrected chi connectivity index (χ3v) is 9.13. The maximum atomic E-state index is 13.8. The first-order chi connectivity index (χ1) is 25.6. The Morgan fingerprint density at radius 1 is 0.889 bits per heavy atom. The SMILES string of the molecule is CCN(Cc1cc(NC(=O)[C@H](CCCNC(N)=O)NC(=O)[C@@H](NC(=O)OC(C)(C)C)C(C)C)ccc1CCl)C(=O)OC1c2ccccc2-c2ccccc21. The molecule has 0 heterocycles. The Labute approximate surface area is 321 Å². The molecule has 1 aliphatic carbocycles. The fraction of sp³-hybridized carbons (Fsp3) is 0.425. The van der Waals surface area contributed by atoms with Gasteiger partial charge in [0, 0.05) is 42.3 Å². The van der Waals surface area contributed by atoms with Gasteiger partial charge in [0.1, 0.15) is 17.7 Å². The number of alkyl halides is 1. The minimum atomic E-state index is -1.05. The van der Waals surface area contributed by atoms with Gasteiger partial charge in [-0.1, -0.05) is 68.4 Å². The average molecular weight is 763 g/mol. The van der Waals surface area contributed by atoms with Crippen LogP contribution in [-0.4, -0.2) is 65.7 Å². The molecule has 2 atom stereocenters. The highest BCUT2D eigenvalue weighted by Crippen LogP contribution is 2.45. The highest BCUT2D eigenvalue weighted by molar-refractivity contribution is 6.17. The molecule has 0 unspecified atom stereocenters. The highest BCUT2D eigenvalue weighted by atomic mass is 35.5. The smallest absolute Gasteiger partial charge is 0.411 e. The summed E-state index contributed by atoms with van der Waals surface area (Å²) < 4.78 is 11.5. The van der Waals surface area contributed by atoms with Gasteiger partial charge in [0.2, 0.25) is 11.8 Å². The minimum absolute atomic E-state index is 0.143. The standard InChI is InChI=1S/C40H51ClN6O7/c1-7-47(39(52)53-34-30-15-10-8-13-28(30)29-14-9-11-16-31(29)34)23-26-21-27(19-18-25(26)22-41)44-35(48)32(17-12-20-43-37(42)50)45-36(49)33(24(2)3)46-38(51)54-40(4,5)6/h8-11,13-16,18-19,21,24,32-34H,7,12,17,20,22-23H2,1-6H3,(H,44,48)(H,45,49)(H,46,51)(H3,42,43,50)/t32-,33-/m0/s1. The summed E-state index contributed by atoms with van der Waals surface area (Å²) in [4.78, 5) is 66.3. The summed E-state index contributed by atoms with van der Waals surface area (Å²) in [7, 11) is 0. The van der Waals surface area contributed by atoms with Crippen LogP contribution in [0.15, 0.2) is 66.7 Å². The zero-order chi connectivity index (χ0) is 39.6. The number of benzene rings is 3. The van der Waals surface area contributed by atoms with E-state index in [1.807, 2.05) is 55.5 Å². The van der Waals surface area contributed by atoms with Crippen LogP contribution in [0.5, 0.6) is 0 Å². The number of hydrogen-bond donors (Lipinski definition) is 5. The lowest BCUT2D eigenvalue weighted by atomic mass is 10.0. The van der Waals surface area contributed by atoms with Gasteiger partial charge in [-0.3, -0.25) is 9.59 Å². The van der Waals surface area contributed by atoms with Crippen molar-refractivity contribution in [2.45, 2.75) is 90.6 Å². The second-order valence-corrected chi connectivity index (χ2v) is 14.7. The van der Waals surface area contributed by atoms with Gasteiger partial charge in [0.05, 0.1) is 0 Å². The molecule has 0 saturated carbocycles. The molecule has 3 aromatic carbocycles. The predicted octanol–water partition coefficient (Wildman–Crippen LogP) is 6.58. The second-order valence-electron chi connectivity index (χ2n) is 14.4. The number of alkyl carbamates (subject to hydrolysis) is 1. The Morgan fingerprint density at radius 3 is 2.07 bits per heavy atom. The van der Waals surface area contributed by atoms with Gasteiger partial charge in [0.15, 0.2) is 6.10 Å². The van der Waals surface area contributed by atoms with Crippen LogP contribution in [0.25, 0.3) is 11.1 Å². The number of urea groups is 1. The lowest BCUT2D eigenvalue weighted by Gasteiger charge is -2.27. The Bertz CT molecular complexity index is 1780. The summed E-state index contributed by atoms with van der Waals surface area (Å²) in [6.45, 7) is 11.2. The van der Waals surface area contributed by atoms with E-state index in [1.165, 1.54) is 0 Å². The van der Waals surface area contributed by atoms with Crippen molar-refractivity contribution in [3.63, 3.8) is 0 Å². The van der Waals surface area contributed by atoms with Crippen molar-refractivity contribution in [1.82, 2.24) is 20.9 Å². The number of nitrogens with two attached hydrogens (primary N) is 1. The van der Waals surface area contributed by atoms with Crippen molar-refractivity contribution in [1.29, 1.82) is 0 Å². The molecule has 0 fully saturated rings. The van der Waals surface area contributed by atoms with Crippen molar-refractivity contribution < 1.29 is 33.4 Å². The highest BCUT2D eigenvalue weighted by Gasteiger charge is 2.33. The van der Waals surface area contributed by atoms with Crippen molar-refractivity contribution >= 4 is 47.3 Å². The number of nitrogens with zero attached hydrogens (tertiary/aromatic N) is 1. The summed E-state index contributed by atoms with van der Waals surface area (Å²) in [5.74, 6) is -1.29. The van der Waals surface area contributed by atoms with Crippen LogP contribution >= 0.6 is 11.6 Å². The third kappa shape index (κ3) is 11.1. The molecular weight excluding hydrogens is 712 g/mol. The number of anilines is 1. The van der Waals surface area contributed by atoms with Crippen molar-refractivity contribution in [2.24, 2.45) is 11.7 Å². The minimum Gasteiger partial charge on any atom is -0.444 e. The molecule has 0 radical (unpaired) electrons. The van der Waals surface area contributed by atoms with Gasteiger partial charge in [-0.2, -0.15) is 0 Å². The predicted molar refractivity (Wildman–Crippen MR) is 208 cm³/mol. The molecule has 6 N–H and O–H groups in total. The summed E-state index contributed by atoms with van der Waals surface area (Å²) in [5.41, 5.74) is 10.2. The molecule has 0 saturated heterocycles. The topological polar surface area (TPSA) is 181 Å². The number of rotatable bonds is 15. The number of primary amides is 1. The molecule has 6 amide bonds. The molecule has 13 nitrogen and oxygen atoms in total. The molecule has 0 bridgehead atoms. The molecule has 14 heteroatoms. The monoisotopic (exact) mass is 762 g/mol. The maximum Gasteiger partial charge on any atom is 0.411 e. The van der Waals surface area contributed by atoms with E-state index < -0.39 is 53.8 Å². The second kappa shape index (κ2) is 18.6. The number of carbonyl (C=O) groups excluding carboxylic acids is 5. The van der Waals surface area contributed by atoms with Gasteiger partial charge >= 0.3 is 18.2 Å². The van der Waals surface area contributed by atoms with Crippen LogP contribution < -0.4 is 27.0 Å². The summed E-state index contributed by atoms with van der Waals surface area (Å²) in [6, 6.07) is 18.2. The molecule has 54 heavy (non-hydrogen) atoms. The Balaban J connectivity index is 1.50. The van der Waals surface area contributed by atoms with E-state index in [4.69, 9.17) is 26.8 Å². The zero-order valence-corrected chi connectivity index (χ0v) is 32.4. The molecule has 0 aromatic heterocycles. The van der Waals surface area contributed by atoms with Gasteiger partial charge in [0.25, 0.3) is 0 Å². The summed E-state index contributed by atoms with van der Waals surface area (Å²) in [6.07, 6.45) is -1.37. The largest absolute Gasteiger partial charge is 0.444 e. The maximum absolute atomic E-state index is 13.8. The van der Waals surface area contributed by atoms with E-state index >= 15 is 0 Å². The quantitative estimate of drug-likeness (QED) is 0.0857. The van der Waals surface area contributed by atoms with E-state index in [-0.39, 0.29) is 31.3 Å². The fourth-order valence-corrected chi connectivity index (χ4v) is 6.41. The first-order valence-electron chi connectivity index (χ1n) is 18.1. The molecule has 0 aliphatic heterocycles. The average Bonchev–Trinajstić information content (AvgIpc) is 3.42. The van der Waals surface area contributed by atoms with Gasteiger partial charge < -0.3 is 41.4 Å². The van der Waals surface area contributed by atoms with Crippen LogP contribution in [0.1, 0.15) is 82.7 Å². The fourth-order valence-electron chi connectivity index (χ4n) is 6.15. The third-order valence-electron chi connectivity index (χ3n) is 8.84. The number of fused-ring (bicyclic) bond motifs is 3. The van der Waals surface area contributed by atoms with Crippen molar-refractivity contribution in [3.8, 4) is 11.1 Å². The van der Waals surface area contributed by atoms with E-state index in [9.17, 15) is 24.0 Å².